The summed E-state index contributed by atoms with van der Waals surface area (Å²) >= 11 is 0. The van der Waals surface area contributed by atoms with Crippen LogP contribution in [0.25, 0.3) is 0 Å². The maximum Gasteiger partial charge on any atom is 0.338 e. The fourth-order valence-corrected chi connectivity index (χ4v) is 1.30. The first kappa shape index (κ1) is 11.1. The number of esters is 1. The summed E-state index contributed by atoms with van der Waals surface area (Å²) in [5, 5.41) is 0. The number of carbonyl (C=O) groups is 1. The van der Waals surface area contributed by atoms with Crippen LogP contribution in [0.3, 0.4) is 0 Å². The Kier molecular flexibility index (Phi) is 4.04. The lowest BCUT2D eigenvalue weighted by atomic mass is 10.3. The first-order valence-electron chi connectivity index (χ1n) is 3.90. The predicted molar refractivity (Wildman–Crippen MR) is 58.6 cm³/mol. The lowest BCUT2D eigenvalue weighted by Gasteiger charge is -2.03. The number of benzene rings is 1. The standard InChI is InChI=1S/C10H9ClO2S/c1-7(2)10(12)13-8-3-5-9(14-11)6-4-8/h3-6H,1H2,2H3. The third-order valence-corrected chi connectivity index (χ3v) is 2.46. The van der Waals surface area contributed by atoms with Crippen LogP contribution < -0.4 is 4.74 Å². The lowest BCUT2D eigenvalue weighted by Crippen LogP contribution is -2.07. The van der Waals surface area contributed by atoms with Gasteiger partial charge in [0.1, 0.15) is 5.75 Å². The molecule has 0 saturated heterocycles. The Morgan fingerprint density at radius 2 is 2.00 bits per heavy atom. The van der Waals surface area contributed by atoms with Crippen LogP contribution in [0.5, 0.6) is 5.75 Å². The van der Waals surface area contributed by atoms with Gasteiger partial charge < -0.3 is 4.74 Å². The topological polar surface area (TPSA) is 26.3 Å². The van der Waals surface area contributed by atoms with Gasteiger partial charge in [-0.2, -0.15) is 0 Å². The van der Waals surface area contributed by atoms with Gasteiger partial charge in [-0.15, -0.1) is 0 Å². The van der Waals surface area contributed by atoms with E-state index in [9.17, 15) is 4.79 Å². The molecule has 2 nitrogen and oxygen atoms in total. The summed E-state index contributed by atoms with van der Waals surface area (Å²) < 4.78 is 4.98. The third-order valence-electron chi connectivity index (χ3n) is 1.47. The van der Waals surface area contributed by atoms with E-state index in [1.165, 1.54) is 0 Å². The Morgan fingerprint density at radius 3 is 2.43 bits per heavy atom. The molecule has 0 unspecified atom stereocenters. The number of carbonyl (C=O) groups excluding carboxylic acids is 1. The minimum Gasteiger partial charge on any atom is -0.423 e. The number of hydrogen-bond acceptors (Lipinski definition) is 3. The van der Waals surface area contributed by atoms with Crippen molar-refractivity contribution in [3.05, 3.63) is 36.4 Å². The summed E-state index contributed by atoms with van der Waals surface area (Å²) in [6, 6.07) is 6.93. The predicted octanol–water partition coefficient (Wildman–Crippen LogP) is 3.41. The maximum atomic E-state index is 11.1. The molecule has 0 aliphatic heterocycles. The second-order valence-electron chi connectivity index (χ2n) is 2.72. The molecule has 0 aliphatic rings. The molecule has 0 fully saturated rings. The lowest BCUT2D eigenvalue weighted by molar-refractivity contribution is -0.130. The molecule has 0 saturated carbocycles. The molecule has 0 radical (unpaired) electrons. The van der Waals surface area contributed by atoms with Crippen LogP contribution in [-0.4, -0.2) is 5.97 Å². The number of halogens is 1. The van der Waals surface area contributed by atoms with Crippen molar-refractivity contribution in [3.63, 3.8) is 0 Å². The highest BCUT2D eigenvalue weighted by molar-refractivity contribution is 8.21. The van der Waals surface area contributed by atoms with Crippen molar-refractivity contribution in [1.29, 1.82) is 0 Å². The van der Waals surface area contributed by atoms with Gasteiger partial charge >= 0.3 is 5.97 Å². The Bertz CT molecular complexity index is 346. The second kappa shape index (κ2) is 5.08. The molecule has 0 spiro atoms. The fourth-order valence-electron chi connectivity index (χ4n) is 0.753. The van der Waals surface area contributed by atoms with Gasteiger partial charge in [-0.25, -0.2) is 4.79 Å². The highest BCUT2D eigenvalue weighted by atomic mass is 35.7. The molecule has 1 aromatic carbocycles. The minimum atomic E-state index is -0.420. The minimum absolute atomic E-state index is 0.376. The Labute approximate surface area is 91.4 Å². The zero-order chi connectivity index (χ0) is 10.6. The van der Waals surface area contributed by atoms with Crippen molar-refractivity contribution in [1.82, 2.24) is 0 Å². The summed E-state index contributed by atoms with van der Waals surface area (Å²) in [4.78, 5) is 12.0. The molecule has 0 aliphatic carbocycles. The molecule has 1 aromatic rings. The van der Waals surface area contributed by atoms with Crippen LogP contribution in [0.1, 0.15) is 6.92 Å². The van der Waals surface area contributed by atoms with Gasteiger partial charge in [0.25, 0.3) is 0 Å². The zero-order valence-corrected chi connectivity index (χ0v) is 9.19. The van der Waals surface area contributed by atoms with Crippen molar-refractivity contribution in [2.24, 2.45) is 0 Å². The van der Waals surface area contributed by atoms with Gasteiger partial charge in [0, 0.05) is 10.5 Å². The van der Waals surface area contributed by atoms with E-state index in [1.54, 1.807) is 31.2 Å². The molecule has 0 amide bonds. The van der Waals surface area contributed by atoms with Gasteiger partial charge in [-0.05, 0) is 52.8 Å². The fraction of sp³-hybridized carbons (Fsp3) is 0.100. The molecule has 0 aromatic heterocycles. The van der Waals surface area contributed by atoms with Crippen molar-refractivity contribution in [3.8, 4) is 5.75 Å². The highest BCUT2D eigenvalue weighted by Crippen LogP contribution is 2.24. The van der Waals surface area contributed by atoms with Crippen LogP contribution in [0, 0.1) is 0 Å². The van der Waals surface area contributed by atoms with E-state index in [2.05, 4.69) is 6.58 Å². The van der Waals surface area contributed by atoms with E-state index >= 15 is 0 Å². The first-order valence-corrected chi connectivity index (χ1v) is 5.54. The molecule has 1 rings (SSSR count). The van der Waals surface area contributed by atoms with Gasteiger partial charge in [0.05, 0.1) is 0 Å². The van der Waals surface area contributed by atoms with Crippen LogP contribution in [0.4, 0.5) is 0 Å². The van der Waals surface area contributed by atoms with Gasteiger partial charge in [0.2, 0.25) is 0 Å². The monoisotopic (exact) mass is 228 g/mol. The normalized spacial score (nSPS) is 9.57. The second-order valence-corrected chi connectivity index (χ2v) is 3.81. The Hall–Kier alpha value is -0.930. The SMILES string of the molecule is C=C(C)C(=O)Oc1ccc(SCl)cc1. The molecule has 74 valence electrons. The van der Waals surface area contributed by atoms with E-state index < -0.39 is 5.97 Å². The summed E-state index contributed by atoms with van der Waals surface area (Å²) in [5.41, 5.74) is 0.376. The first-order chi connectivity index (χ1) is 6.63. The molecular formula is C10H9ClO2S. The van der Waals surface area contributed by atoms with Crippen molar-refractivity contribution < 1.29 is 9.53 Å². The molecule has 0 heterocycles. The average molecular weight is 229 g/mol. The van der Waals surface area contributed by atoms with E-state index in [-0.39, 0.29) is 0 Å². The number of ether oxygens (including phenoxy) is 1. The molecular weight excluding hydrogens is 220 g/mol. The Balaban J connectivity index is 2.69. The molecule has 0 N–H and O–H groups in total. The van der Waals surface area contributed by atoms with Crippen molar-refractivity contribution in [2.45, 2.75) is 11.8 Å². The Morgan fingerprint density at radius 1 is 1.43 bits per heavy atom. The average Bonchev–Trinajstić information content (AvgIpc) is 2.19. The highest BCUT2D eigenvalue weighted by Gasteiger charge is 2.04. The summed E-state index contributed by atoms with van der Waals surface area (Å²) in [6.07, 6.45) is 0. The largest absolute Gasteiger partial charge is 0.423 e. The van der Waals surface area contributed by atoms with E-state index in [0.717, 1.165) is 15.9 Å². The van der Waals surface area contributed by atoms with Gasteiger partial charge in [-0.1, -0.05) is 6.58 Å². The van der Waals surface area contributed by atoms with E-state index in [0.29, 0.717) is 11.3 Å². The molecule has 0 bridgehead atoms. The van der Waals surface area contributed by atoms with E-state index in [1.807, 2.05) is 0 Å². The van der Waals surface area contributed by atoms with Crippen LogP contribution in [-0.2, 0) is 4.79 Å². The van der Waals surface area contributed by atoms with Crippen molar-refractivity contribution in [2.75, 3.05) is 0 Å². The van der Waals surface area contributed by atoms with Crippen LogP contribution >= 0.6 is 21.7 Å². The maximum absolute atomic E-state index is 11.1. The number of rotatable bonds is 3. The molecule has 4 heteroatoms. The van der Waals surface area contributed by atoms with Gasteiger partial charge in [0.15, 0.2) is 0 Å². The summed E-state index contributed by atoms with van der Waals surface area (Å²) in [6.45, 7) is 5.09. The summed E-state index contributed by atoms with van der Waals surface area (Å²) in [7, 11) is 6.65. The zero-order valence-electron chi connectivity index (χ0n) is 7.62. The quantitative estimate of drug-likeness (QED) is 0.451. The third kappa shape index (κ3) is 3.09. The molecule has 14 heavy (non-hydrogen) atoms. The van der Waals surface area contributed by atoms with E-state index in [4.69, 9.17) is 15.4 Å². The number of hydrogen-bond donors (Lipinski definition) is 0. The van der Waals surface area contributed by atoms with Crippen LogP contribution in [0.2, 0.25) is 0 Å². The van der Waals surface area contributed by atoms with Crippen LogP contribution in [0.15, 0.2) is 41.3 Å². The van der Waals surface area contributed by atoms with Gasteiger partial charge in [-0.3, -0.25) is 0 Å². The summed E-state index contributed by atoms with van der Waals surface area (Å²) in [5.74, 6) is 0.0729. The van der Waals surface area contributed by atoms with Crippen molar-refractivity contribution >= 4 is 27.6 Å². The smallest absolute Gasteiger partial charge is 0.338 e. The molecule has 0 atom stereocenters.